The molecule has 26 heavy (non-hydrogen) atoms. The van der Waals surface area contributed by atoms with Gasteiger partial charge in [-0.05, 0) is 25.1 Å². The summed E-state index contributed by atoms with van der Waals surface area (Å²) in [6.07, 6.45) is 1.61. The smallest absolute Gasteiger partial charge is 0.234 e. The van der Waals surface area contributed by atoms with Crippen LogP contribution >= 0.6 is 0 Å². The summed E-state index contributed by atoms with van der Waals surface area (Å²) >= 11 is 0. The minimum Gasteiger partial charge on any atom is -0.497 e. The topological polar surface area (TPSA) is 69.3 Å². The quantitative estimate of drug-likeness (QED) is 0.829. The third kappa shape index (κ3) is 4.28. The normalized spacial score (nSPS) is 20.7. The first-order valence-electron chi connectivity index (χ1n) is 9.07. The van der Waals surface area contributed by atoms with Crippen molar-refractivity contribution >= 4 is 5.91 Å². The fourth-order valence-electron chi connectivity index (χ4n) is 3.58. The van der Waals surface area contributed by atoms with Gasteiger partial charge in [-0.2, -0.15) is 0 Å². The number of benzene rings is 1. The number of nitrogens with one attached hydrogen (secondary N) is 1. The van der Waals surface area contributed by atoms with Crippen LogP contribution < -0.4 is 14.8 Å². The zero-order valence-corrected chi connectivity index (χ0v) is 15.7. The number of likely N-dealkylation sites (tertiary alicyclic amines) is 1. The highest BCUT2D eigenvalue weighted by molar-refractivity contribution is 5.78. The average molecular weight is 364 g/mol. The number of hydrogen-bond acceptors (Lipinski definition) is 6. The summed E-state index contributed by atoms with van der Waals surface area (Å²) in [5, 5.41) is 3.05. The molecule has 2 heterocycles. The third-order valence-corrected chi connectivity index (χ3v) is 5.08. The number of ether oxygens (including phenoxy) is 4. The average Bonchev–Trinajstić information content (AvgIpc) is 3.11. The molecule has 1 aromatic carbocycles. The standard InChI is InChI=1S/C19H28N2O5/c1-14(16-12-15(23-2)4-5-17(16)24-3)20-18(22)13-21-8-6-19(7-9-21)25-10-11-26-19/h4-5,12,14H,6-11,13H2,1-3H3,(H,20,22). The van der Waals surface area contributed by atoms with Crippen LogP contribution in [0.3, 0.4) is 0 Å². The molecule has 1 amide bonds. The van der Waals surface area contributed by atoms with Gasteiger partial charge in [0.2, 0.25) is 5.91 Å². The Morgan fingerprint density at radius 1 is 1.23 bits per heavy atom. The van der Waals surface area contributed by atoms with E-state index in [0.29, 0.717) is 19.8 Å². The number of piperidine rings is 1. The van der Waals surface area contributed by atoms with Crippen LogP contribution in [0.5, 0.6) is 11.5 Å². The van der Waals surface area contributed by atoms with Crippen LogP contribution in [0.25, 0.3) is 0 Å². The maximum absolute atomic E-state index is 12.5. The first kappa shape index (κ1) is 18.9. The molecule has 0 bridgehead atoms. The molecule has 0 aliphatic carbocycles. The van der Waals surface area contributed by atoms with Crippen molar-refractivity contribution in [2.45, 2.75) is 31.6 Å². The second-order valence-corrected chi connectivity index (χ2v) is 6.78. The summed E-state index contributed by atoms with van der Waals surface area (Å²) in [5.74, 6) is 1.05. The monoisotopic (exact) mass is 364 g/mol. The Balaban J connectivity index is 1.53. The molecule has 1 spiro atoms. The fourth-order valence-corrected chi connectivity index (χ4v) is 3.58. The second-order valence-electron chi connectivity index (χ2n) is 6.78. The summed E-state index contributed by atoms with van der Waals surface area (Å²) < 4.78 is 22.1. The van der Waals surface area contributed by atoms with Gasteiger partial charge < -0.3 is 24.3 Å². The first-order chi connectivity index (χ1) is 12.5. The Bertz CT molecular complexity index is 620. The van der Waals surface area contributed by atoms with Crippen LogP contribution in [0.1, 0.15) is 31.4 Å². The van der Waals surface area contributed by atoms with E-state index in [1.165, 1.54) is 0 Å². The predicted octanol–water partition coefficient (Wildman–Crippen LogP) is 1.72. The van der Waals surface area contributed by atoms with Crippen LogP contribution in [-0.2, 0) is 14.3 Å². The molecule has 7 heteroatoms. The van der Waals surface area contributed by atoms with Crippen LogP contribution in [0.2, 0.25) is 0 Å². The maximum atomic E-state index is 12.5. The summed E-state index contributed by atoms with van der Waals surface area (Å²) in [4.78, 5) is 14.6. The number of amides is 1. The Morgan fingerprint density at radius 3 is 2.54 bits per heavy atom. The van der Waals surface area contributed by atoms with E-state index in [-0.39, 0.29) is 11.9 Å². The maximum Gasteiger partial charge on any atom is 0.234 e. The van der Waals surface area contributed by atoms with Gasteiger partial charge in [-0.25, -0.2) is 0 Å². The van der Waals surface area contributed by atoms with Gasteiger partial charge in [0.1, 0.15) is 11.5 Å². The lowest BCUT2D eigenvalue weighted by Crippen LogP contribution is -2.48. The lowest BCUT2D eigenvalue weighted by molar-refractivity contribution is -0.185. The first-order valence-corrected chi connectivity index (χ1v) is 9.07. The van der Waals surface area contributed by atoms with E-state index in [1.54, 1.807) is 14.2 Å². The fraction of sp³-hybridized carbons (Fsp3) is 0.632. The van der Waals surface area contributed by atoms with Crippen molar-refractivity contribution in [1.82, 2.24) is 10.2 Å². The van der Waals surface area contributed by atoms with E-state index in [4.69, 9.17) is 18.9 Å². The van der Waals surface area contributed by atoms with E-state index in [9.17, 15) is 4.79 Å². The summed E-state index contributed by atoms with van der Waals surface area (Å²) in [7, 11) is 3.24. The molecule has 3 rings (SSSR count). The molecule has 1 N–H and O–H groups in total. The number of methoxy groups -OCH3 is 2. The van der Waals surface area contributed by atoms with E-state index in [1.807, 2.05) is 25.1 Å². The molecule has 1 unspecified atom stereocenters. The van der Waals surface area contributed by atoms with Crippen molar-refractivity contribution in [3.05, 3.63) is 23.8 Å². The molecule has 2 aliphatic rings. The Kier molecular flexibility index (Phi) is 6.01. The lowest BCUT2D eigenvalue weighted by atomic mass is 10.0. The summed E-state index contributed by atoms with van der Waals surface area (Å²) in [6.45, 7) is 5.24. The summed E-state index contributed by atoms with van der Waals surface area (Å²) in [5.41, 5.74) is 0.894. The van der Waals surface area contributed by atoms with Gasteiger partial charge in [-0.15, -0.1) is 0 Å². The highest BCUT2D eigenvalue weighted by atomic mass is 16.7. The number of rotatable bonds is 6. The van der Waals surface area contributed by atoms with Gasteiger partial charge in [0.15, 0.2) is 5.79 Å². The lowest BCUT2D eigenvalue weighted by Gasteiger charge is -2.37. The van der Waals surface area contributed by atoms with Gasteiger partial charge in [0.05, 0.1) is 40.0 Å². The van der Waals surface area contributed by atoms with Crippen LogP contribution in [-0.4, -0.2) is 63.7 Å². The van der Waals surface area contributed by atoms with E-state index < -0.39 is 5.79 Å². The second kappa shape index (κ2) is 8.24. The largest absolute Gasteiger partial charge is 0.497 e. The van der Waals surface area contributed by atoms with Crippen LogP contribution in [0.4, 0.5) is 0 Å². The molecule has 0 radical (unpaired) electrons. The van der Waals surface area contributed by atoms with Crippen molar-refractivity contribution in [3.63, 3.8) is 0 Å². The van der Waals surface area contributed by atoms with Crippen LogP contribution in [0, 0.1) is 0 Å². The number of nitrogens with zero attached hydrogens (tertiary/aromatic N) is 1. The molecule has 0 saturated carbocycles. The van der Waals surface area contributed by atoms with E-state index in [0.717, 1.165) is 43.0 Å². The Hall–Kier alpha value is -1.83. The predicted molar refractivity (Wildman–Crippen MR) is 96.4 cm³/mol. The summed E-state index contributed by atoms with van der Waals surface area (Å²) in [6, 6.07) is 5.41. The Labute approximate surface area is 154 Å². The minimum atomic E-state index is -0.409. The van der Waals surface area contributed by atoms with Crippen molar-refractivity contribution in [3.8, 4) is 11.5 Å². The Morgan fingerprint density at radius 2 is 1.92 bits per heavy atom. The molecular formula is C19H28N2O5. The number of carbonyl (C=O) groups is 1. The zero-order chi connectivity index (χ0) is 18.6. The van der Waals surface area contributed by atoms with Gasteiger partial charge in [0.25, 0.3) is 0 Å². The molecule has 1 atom stereocenters. The molecular weight excluding hydrogens is 336 g/mol. The molecule has 144 valence electrons. The zero-order valence-electron chi connectivity index (χ0n) is 15.7. The van der Waals surface area contributed by atoms with Gasteiger partial charge in [0, 0.05) is 31.5 Å². The van der Waals surface area contributed by atoms with E-state index in [2.05, 4.69) is 10.2 Å². The van der Waals surface area contributed by atoms with Crippen molar-refractivity contribution in [1.29, 1.82) is 0 Å². The van der Waals surface area contributed by atoms with Crippen molar-refractivity contribution < 1.29 is 23.7 Å². The molecule has 2 fully saturated rings. The minimum absolute atomic E-state index is 0.00779. The highest BCUT2D eigenvalue weighted by Crippen LogP contribution is 2.31. The van der Waals surface area contributed by atoms with Crippen LogP contribution in [0.15, 0.2) is 18.2 Å². The molecule has 2 saturated heterocycles. The molecule has 0 aromatic heterocycles. The molecule has 7 nitrogen and oxygen atoms in total. The highest BCUT2D eigenvalue weighted by Gasteiger charge is 2.39. The van der Waals surface area contributed by atoms with Gasteiger partial charge >= 0.3 is 0 Å². The number of hydrogen-bond donors (Lipinski definition) is 1. The van der Waals surface area contributed by atoms with E-state index >= 15 is 0 Å². The van der Waals surface area contributed by atoms with Gasteiger partial charge in [-0.3, -0.25) is 9.69 Å². The molecule has 2 aliphatic heterocycles. The van der Waals surface area contributed by atoms with Crippen molar-refractivity contribution in [2.24, 2.45) is 0 Å². The van der Waals surface area contributed by atoms with Gasteiger partial charge in [-0.1, -0.05) is 0 Å². The SMILES string of the molecule is COc1ccc(OC)c(C(C)NC(=O)CN2CCC3(CC2)OCCO3)c1. The third-order valence-electron chi connectivity index (χ3n) is 5.08. The van der Waals surface area contributed by atoms with Crippen molar-refractivity contribution in [2.75, 3.05) is 47.1 Å². The molecule has 1 aromatic rings. The number of carbonyl (C=O) groups excluding carboxylic acids is 1.